The van der Waals surface area contributed by atoms with E-state index in [1.165, 1.54) is 32.1 Å². The van der Waals surface area contributed by atoms with Gasteiger partial charge >= 0.3 is 0 Å². The Balaban J connectivity index is 2.12. The van der Waals surface area contributed by atoms with E-state index in [1.807, 2.05) is 19.5 Å². The Bertz CT molecular complexity index is 258. The van der Waals surface area contributed by atoms with Gasteiger partial charge in [-0.3, -0.25) is 0 Å². The molecule has 1 aromatic rings. The Hall–Kier alpha value is -0.830. The summed E-state index contributed by atoms with van der Waals surface area (Å²) in [7, 11) is 1.81. The zero-order valence-electron chi connectivity index (χ0n) is 8.70. The molecule has 2 unspecified atom stereocenters. The summed E-state index contributed by atoms with van der Waals surface area (Å²) in [6, 6.07) is 0. The molecule has 0 spiro atoms. The second-order valence-corrected chi connectivity index (χ2v) is 3.99. The second kappa shape index (κ2) is 4.60. The molecule has 1 N–H and O–H groups in total. The molecule has 0 amide bonds. The summed E-state index contributed by atoms with van der Waals surface area (Å²) in [4.78, 5) is 7.55. The molecule has 2 atom stereocenters. The second-order valence-electron chi connectivity index (χ2n) is 3.99. The fourth-order valence-corrected chi connectivity index (χ4v) is 2.35. The molecule has 1 saturated carbocycles. The summed E-state index contributed by atoms with van der Waals surface area (Å²) in [5.41, 5.74) is 0. The van der Waals surface area contributed by atoms with E-state index in [9.17, 15) is 0 Å². The van der Waals surface area contributed by atoms with Gasteiger partial charge in [0.1, 0.15) is 5.82 Å². The number of nitrogens with zero attached hydrogens (tertiary/aromatic N) is 1. The van der Waals surface area contributed by atoms with Gasteiger partial charge in [-0.1, -0.05) is 19.3 Å². The molecule has 78 valence electrons. The number of aromatic nitrogens is 2. The first-order valence-corrected chi connectivity index (χ1v) is 5.44. The van der Waals surface area contributed by atoms with Gasteiger partial charge < -0.3 is 9.72 Å². The third-order valence-corrected chi connectivity index (χ3v) is 3.13. The van der Waals surface area contributed by atoms with Crippen molar-refractivity contribution in [2.75, 3.05) is 7.11 Å². The highest BCUT2D eigenvalue weighted by molar-refractivity contribution is 5.01. The Kier molecular flexibility index (Phi) is 3.19. The summed E-state index contributed by atoms with van der Waals surface area (Å²) in [5.74, 6) is 1.57. The van der Waals surface area contributed by atoms with Crippen molar-refractivity contribution in [1.29, 1.82) is 0 Å². The van der Waals surface area contributed by atoms with Crippen molar-refractivity contribution < 1.29 is 4.74 Å². The number of nitrogens with one attached hydrogen (secondary N) is 1. The van der Waals surface area contributed by atoms with E-state index in [2.05, 4.69) is 9.97 Å². The molecule has 2 rings (SSSR count). The van der Waals surface area contributed by atoms with Gasteiger partial charge in [-0.05, 0) is 12.8 Å². The molecule has 1 aliphatic rings. The predicted molar refractivity (Wildman–Crippen MR) is 55.2 cm³/mol. The Labute approximate surface area is 84.9 Å². The lowest BCUT2D eigenvalue weighted by Gasteiger charge is -2.21. The quantitative estimate of drug-likeness (QED) is 0.734. The molecular formula is C11H18N2O. The number of methoxy groups -OCH3 is 1. The summed E-state index contributed by atoms with van der Waals surface area (Å²) in [5, 5.41) is 0. The number of aromatic amines is 1. The number of rotatable bonds is 2. The lowest BCUT2D eigenvalue weighted by Crippen LogP contribution is -2.20. The van der Waals surface area contributed by atoms with Gasteiger partial charge in [0.15, 0.2) is 0 Å². The van der Waals surface area contributed by atoms with E-state index in [-0.39, 0.29) is 0 Å². The summed E-state index contributed by atoms with van der Waals surface area (Å²) in [6.07, 6.45) is 10.4. The zero-order valence-corrected chi connectivity index (χ0v) is 8.70. The van der Waals surface area contributed by atoms with Crippen molar-refractivity contribution >= 4 is 0 Å². The van der Waals surface area contributed by atoms with Gasteiger partial charge in [0, 0.05) is 25.4 Å². The summed E-state index contributed by atoms with van der Waals surface area (Å²) < 4.78 is 5.55. The predicted octanol–water partition coefficient (Wildman–Crippen LogP) is 2.47. The van der Waals surface area contributed by atoms with Crippen LogP contribution in [0.4, 0.5) is 0 Å². The van der Waals surface area contributed by atoms with Crippen LogP contribution in [0.1, 0.15) is 43.8 Å². The van der Waals surface area contributed by atoms with Crippen LogP contribution in [0.5, 0.6) is 0 Å². The van der Waals surface area contributed by atoms with Gasteiger partial charge in [0.25, 0.3) is 0 Å². The maximum atomic E-state index is 5.55. The summed E-state index contributed by atoms with van der Waals surface area (Å²) in [6.45, 7) is 0. The third kappa shape index (κ3) is 1.98. The molecule has 1 aliphatic carbocycles. The van der Waals surface area contributed by atoms with Crippen LogP contribution in [0.2, 0.25) is 0 Å². The van der Waals surface area contributed by atoms with Crippen molar-refractivity contribution in [3.8, 4) is 0 Å². The van der Waals surface area contributed by atoms with Gasteiger partial charge in [-0.15, -0.1) is 0 Å². The molecule has 1 fully saturated rings. The smallest absolute Gasteiger partial charge is 0.111 e. The number of hydrogen-bond donors (Lipinski definition) is 1. The fraction of sp³-hybridized carbons (Fsp3) is 0.727. The minimum absolute atomic E-state index is 0.351. The molecule has 14 heavy (non-hydrogen) atoms. The standard InChI is InChI=1S/C11H18N2O/c1-14-10-6-4-2-3-5-9(10)11-12-7-8-13-11/h7-10H,2-6H2,1H3,(H,12,13). The minimum Gasteiger partial charge on any atom is -0.381 e. The fourth-order valence-electron chi connectivity index (χ4n) is 2.35. The highest BCUT2D eigenvalue weighted by Crippen LogP contribution is 2.31. The van der Waals surface area contributed by atoms with Crippen LogP contribution in [-0.2, 0) is 4.74 Å². The molecular weight excluding hydrogens is 176 g/mol. The maximum absolute atomic E-state index is 5.55. The number of ether oxygens (including phenoxy) is 1. The minimum atomic E-state index is 0.351. The molecule has 0 aliphatic heterocycles. The van der Waals surface area contributed by atoms with Crippen molar-refractivity contribution in [1.82, 2.24) is 9.97 Å². The van der Waals surface area contributed by atoms with E-state index in [1.54, 1.807) is 0 Å². The van der Waals surface area contributed by atoms with E-state index >= 15 is 0 Å². The molecule has 1 aromatic heterocycles. The van der Waals surface area contributed by atoms with E-state index in [4.69, 9.17) is 4.74 Å². The van der Waals surface area contributed by atoms with Gasteiger partial charge in [-0.25, -0.2) is 4.98 Å². The largest absolute Gasteiger partial charge is 0.381 e. The highest BCUT2D eigenvalue weighted by atomic mass is 16.5. The van der Waals surface area contributed by atoms with Crippen LogP contribution < -0.4 is 0 Å². The summed E-state index contributed by atoms with van der Waals surface area (Å²) >= 11 is 0. The highest BCUT2D eigenvalue weighted by Gasteiger charge is 2.26. The van der Waals surface area contributed by atoms with E-state index < -0.39 is 0 Å². The first-order chi connectivity index (χ1) is 6.92. The molecule has 0 saturated heterocycles. The van der Waals surface area contributed by atoms with Gasteiger partial charge in [-0.2, -0.15) is 0 Å². The zero-order chi connectivity index (χ0) is 9.80. The lowest BCUT2D eigenvalue weighted by atomic mass is 9.96. The number of imidazole rings is 1. The average Bonchev–Trinajstić information content (AvgIpc) is 2.63. The van der Waals surface area contributed by atoms with E-state index in [0.29, 0.717) is 12.0 Å². The molecule has 1 heterocycles. The molecule has 0 bridgehead atoms. The van der Waals surface area contributed by atoms with Crippen LogP contribution in [0.25, 0.3) is 0 Å². The molecule has 0 aromatic carbocycles. The number of hydrogen-bond acceptors (Lipinski definition) is 2. The van der Waals surface area contributed by atoms with Crippen LogP contribution in [0.15, 0.2) is 12.4 Å². The van der Waals surface area contributed by atoms with Crippen LogP contribution in [0, 0.1) is 0 Å². The Morgan fingerprint density at radius 1 is 1.36 bits per heavy atom. The van der Waals surface area contributed by atoms with E-state index in [0.717, 1.165) is 5.82 Å². The average molecular weight is 194 g/mol. The van der Waals surface area contributed by atoms with Crippen molar-refractivity contribution in [2.24, 2.45) is 0 Å². The number of H-pyrrole nitrogens is 1. The van der Waals surface area contributed by atoms with Crippen molar-refractivity contribution in [3.05, 3.63) is 18.2 Å². The molecule has 3 heteroatoms. The van der Waals surface area contributed by atoms with Crippen LogP contribution in [0.3, 0.4) is 0 Å². The normalized spacial score (nSPS) is 28.6. The van der Waals surface area contributed by atoms with Gasteiger partial charge in [0.05, 0.1) is 6.10 Å². The molecule has 0 radical (unpaired) electrons. The van der Waals surface area contributed by atoms with Crippen molar-refractivity contribution in [2.45, 2.75) is 44.1 Å². The lowest BCUT2D eigenvalue weighted by molar-refractivity contribution is 0.0710. The van der Waals surface area contributed by atoms with Crippen LogP contribution >= 0.6 is 0 Å². The van der Waals surface area contributed by atoms with Crippen molar-refractivity contribution in [3.63, 3.8) is 0 Å². The topological polar surface area (TPSA) is 37.9 Å². The monoisotopic (exact) mass is 194 g/mol. The molecule has 3 nitrogen and oxygen atoms in total. The first kappa shape index (κ1) is 9.71. The van der Waals surface area contributed by atoms with Gasteiger partial charge in [0.2, 0.25) is 0 Å². The first-order valence-electron chi connectivity index (χ1n) is 5.44. The van der Waals surface area contributed by atoms with Crippen LogP contribution in [-0.4, -0.2) is 23.2 Å². The maximum Gasteiger partial charge on any atom is 0.111 e. The third-order valence-electron chi connectivity index (χ3n) is 3.13. The Morgan fingerprint density at radius 3 is 2.93 bits per heavy atom. The Morgan fingerprint density at radius 2 is 2.21 bits per heavy atom. The SMILES string of the molecule is COC1CCCCCC1c1ncc[nH]1.